The fourth-order valence-electron chi connectivity index (χ4n) is 3.32. The van der Waals surface area contributed by atoms with E-state index in [1.165, 1.54) is 13.3 Å². The number of ether oxygens (including phenoxy) is 4. The first-order valence-electron chi connectivity index (χ1n) is 11.9. The van der Waals surface area contributed by atoms with Gasteiger partial charge in [0.1, 0.15) is 11.5 Å². The summed E-state index contributed by atoms with van der Waals surface area (Å²) in [6.07, 6.45) is 0.0192. The summed E-state index contributed by atoms with van der Waals surface area (Å²) in [5.41, 5.74) is 4.42. The lowest BCUT2D eigenvalue weighted by atomic mass is 10.1. The molecule has 204 valence electrons. The second-order valence-corrected chi connectivity index (χ2v) is 9.25. The maximum atomic E-state index is 12.9. The van der Waals surface area contributed by atoms with E-state index in [1.807, 2.05) is 19.1 Å². The molecule has 4 aromatic carbocycles. The van der Waals surface area contributed by atoms with E-state index in [0.717, 1.165) is 5.56 Å². The molecular weight excluding hydrogens is 555 g/mol. The monoisotopic (exact) mass is 578 g/mol. The van der Waals surface area contributed by atoms with Crippen LogP contribution in [0.1, 0.15) is 21.5 Å². The molecule has 10 heteroatoms. The topological polar surface area (TPSA) is 95.5 Å². The zero-order valence-corrected chi connectivity index (χ0v) is 23.0. The highest BCUT2D eigenvalue weighted by Gasteiger charge is 2.23. The molecule has 40 heavy (non-hydrogen) atoms. The molecule has 0 spiro atoms. The van der Waals surface area contributed by atoms with Crippen molar-refractivity contribution in [3.05, 3.63) is 118 Å². The van der Waals surface area contributed by atoms with E-state index in [-0.39, 0.29) is 5.75 Å². The van der Waals surface area contributed by atoms with Crippen molar-refractivity contribution >= 4 is 41.3 Å². The van der Waals surface area contributed by atoms with Gasteiger partial charge in [-0.05, 0) is 91.3 Å². The van der Waals surface area contributed by atoms with E-state index >= 15 is 0 Å². The number of carbonyl (C=O) groups excluding carboxylic acids is 2. The molecule has 0 aromatic heterocycles. The van der Waals surface area contributed by atoms with E-state index in [4.69, 9.17) is 42.1 Å². The maximum Gasteiger partial charge on any atom is 0.343 e. The quantitative estimate of drug-likeness (QED) is 0.0762. The number of carbonyl (C=O) groups is 2. The summed E-state index contributed by atoms with van der Waals surface area (Å²) in [7, 11) is 1.45. The van der Waals surface area contributed by atoms with Gasteiger partial charge >= 0.3 is 18.2 Å². The van der Waals surface area contributed by atoms with Crippen LogP contribution in [0.2, 0.25) is 10.0 Å². The van der Waals surface area contributed by atoms with Gasteiger partial charge < -0.3 is 18.9 Å². The van der Waals surface area contributed by atoms with Gasteiger partial charge in [0.15, 0.2) is 11.5 Å². The molecule has 0 saturated carbocycles. The van der Waals surface area contributed by atoms with E-state index < -0.39 is 18.2 Å². The summed E-state index contributed by atoms with van der Waals surface area (Å²) in [5.74, 6) is 0.0926. The maximum absolute atomic E-state index is 12.9. The van der Waals surface area contributed by atoms with Crippen LogP contribution in [-0.4, -0.2) is 31.5 Å². The normalized spacial score (nSPS) is 10.8. The number of benzene rings is 4. The van der Waals surface area contributed by atoms with Crippen LogP contribution in [0.4, 0.5) is 0 Å². The molecule has 0 aliphatic rings. The van der Waals surface area contributed by atoms with Crippen LogP contribution in [0.3, 0.4) is 0 Å². The lowest BCUT2D eigenvalue weighted by Gasteiger charge is -2.19. The highest BCUT2D eigenvalue weighted by atomic mass is 35.5. The molecule has 4 aromatic rings. The summed E-state index contributed by atoms with van der Waals surface area (Å²) in [4.78, 5) is 25.4. The first-order chi connectivity index (χ1) is 19.3. The van der Waals surface area contributed by atoms with Crippen molar-refractivity contribution in [3.63, 3.8) is 0 Å². The molecule has 0 bridgehead atoms. The summed E-state index contributed by atoms with van der Waals surface area (Å²) < 4.78 is 22.3. The number of nitrogens with one attached hydrogen (secondary N) is 1. The summed E-state index contributed by atoms with van der Waals surface area (Å²) in [6, 6.07) is 24.8. The third kappa shape index (κ3) is 7.99. The van der Waals surface area contributed by atoms with Gasteiger partial charge in [-0.1, -0.05) is 40.9 Å². The van der Waals surface area contributed by atoms with E-state index in [1.54, 1.807) is 78.9 Å². The number of methoxy groups -OCH3 is 1. The number of nitrogens with zero attached hydrogens (tertiary/aromatic N) is 1. The molecule has 0 aliphatic carbocycles. The number of rotatable bonds is 10. The Labute approximate surface area is 241 Å². The number of hydrogen-bond acceptors (Lipinski definition) is 7. The van der Waals surface area contributed by atoms with E-state index in [0.29, 0.717) is 38.4 Å². The lowest BCUT2D eigenvalue weighted by molar-refractivity contribution is -0.140. The zero-order valence-electron chi connectivity index (χ0n) is 21.5. The molecule has 1 N–H and O–H groups in total. The molecule has 0 heterocycles. The third-order valence-electron chi connectivity index (χ3n) is 5.39. The van der Waals surface area contributed by atoms with Crippen LogP contribution in [-0.2, 0) is 4.79 Å². The Morgan fingerprint density at radius 1 is 0.800 bits per heavy atom. The molecular formula is C30H24Cl2N2O6. The van der Waals surface area contributed by atoms with Crippen molar-refractivity contribution < 1.29 is 28.5 Å². The van der Waals surface area contributed by atoms with Gasteiger partial charge in [0.25, 0.3) is 0 Å². The first kappa shape index (κ1) is 28.5. The molecule has 1 amide bonds. The minimum absolute atomic E-state index is 0.238. The van der Waals surface area contributed by atoms with Crippen molar-refractivity contribution in [2.24, 2.45) is 5.10 Å². The smallest absolute Gasteiger partial charge is 0.343 e. The van der Waals surface area contributed by atoms with Crippen LogP contribution in [0.5, 0.6) is 23.0 Å². The van der Waals surface area contributed by atoms with Crippen molar-refractivity contribution in [3.8, 4) is 23.0 Å². The molecule has 0 radical (unpaired) electrons. The van der Waals surface area contributed by atoms with E-state index in [2.05, 4.69) is 10.5 Å². The zero-order chi connectivity index (χ0) is 28.5. The number of halogens is 2. The van der Waals surface area contributed by atoms with Crippen LogP contribution < -0.4 is 24.4 Å². The predicted molar refractivity (Wildman–Crippen MR) is 153 cm³/mol. The molecule has 4 rings (SSSR count). The summed E-state index contributed by atoms with van der Waals surface area (Å²) in [6.45, 7) is 1.93. The van der Waals surface area contributed by atoms with Gasteiger partial charge in [0, 0.05) is 10.0 Å². The molecule has 0 fully saturated rings. The second kappa shape index (κ2) is 13.5. The fraction of sp³-hybridized carbons (Fsp3) is 0.100. The first-order valence-corrected chi connectivity index (χ1v) is 12.7. The van der Waals surface area contributed by atoms with Crippen LogP contribution in [0.15, 0.2) is 96.1 Å². The van der Waals surface area contributed by atoms with Crippen molar-refractivity contribution in [2.75, 3.05) is 7.11 Å². The van der Waals surface area contributed by atoms with Gasteiger partial charge in [-0.15, -0.1) is 0 Å². The van der Waals surface area contributed by atoms with Crippen molar-refractivity contribution in [2.45, 2.75) is 13.2 Å². The average Bonchev–Trinajstić information content (AvgIpc) is 2.96. The third-order valence-corrected chi connectivity index (χ3v) is 5.90. The van der Waals surface area contributed by atoms with E-state index in [9.17, 15) is 9.59 Å². The predicted octanol–water partition coefficient (Wildman–Crippen LogP) is 6.46. The Hall–Kier alpha value is -4.53. The number of hydrazone groups is 1. The number of hydrogen-bond donors (Lipinski definition) is 1. The SMILES string of the molecule is COc1cc(/C=N/NC(=O)C(Oc2ccc(Cl)cc2)Oc2ccc(Cl)cc2)ccc1OC(=O)c1ccc(C)cc1. The average molecular weight is 579 g/mol. The Balaban J connectivity index is 1.43. The van der Waals surface area contributed by atoms with Crippen molar-refractivity contribution in [1.82, 2.24) is 5.43 Å². The Morgan fingerprint density at radius 2 is 1.38 bits per heavy atom. The molecule has 0 aliphatic heterocycles. The van der Waals surface area contributed by atoms with Crippen LogP contribution >= 0.6 is 23.2 Å². The largest absolute Gasteiger partial charge is 0.493 e. The van der Waals surface area contributed by atoms with Gasteiger partial charge in [0.2, 0.25) is 0 Å². The Kier molecular flexibility index (Phi) is 9.62. The van der Waals surface area contributed by atoms with Gasteiger partial charge in [-0.25, -0.2) is 10.2 Å². The fourth-order valence-corrected chi connectivity index (χ4v) is 3.58. The minimum Gasteiger partial charge on any atom is -0.493 e. The highest BCUT2D eigenvalue weighted by Crippen LogP contribution is 2.28. The lowest BCUT2D eigenvalue weighted by Crippen LogP contribution is -2.40. The Bertz CT molecular complexity index is 1440. The summed E-state index contributed by atoms with van der Waals surface area (Å²) in [5, 5.41) is 5.04. The van der Waals surface area contributed by atoms with Gasteiger partial charge in [-0.3, -0.25) is 4.79 Å². The standard InChI is InChI=1S/C30H24Cl2N2O6/c1-19-3-6-21(7-4-19)29(36)40-26-16-5-20(17-27(26)37-2)18-33-34-28(35)30(38-24-12-8-22(31)9-13-24)39-25-14-10-23(32)11-15-25/h3-18,30H,1-2H3,(H,34,35)/b33-18+. The molecule has 0 atom stereocenters. The second-order valence-electron chi connectivity index (χ2n) is 8.38. The van der Waals surface area contributed by atoms with Gasteiger partial charge in [-0.2, -0.15) is 5.10 Å². The molecule has 0 unspecified atom stereocenters. The number of aryl methyl sites for hydroxylation is 1. The number of esters is 1. The molecule has 0 saturated heterocycles. The van der Waals surface area contributed by atoms with Crippen LogP contribution in [0.25, 0.3) is 0 Å². The minimum atomic E-state index is -1.38. The summed E-state index contributed by atoms with van der Waals surface area (Å²) >= 11 is 11.9. The number of amides is 1. The molecule has 8 nitrogen and oxygen atoms in total. The van der Waals surface area contributed by atoms with Gasteiger partial charge in [0.05, 0.1) is 18.9 Å². The van der Waals surface area contributed by atoms with Crippen molar-refractivity contribution in [1.29, 1.82) is 0 Å². The Morgan fingerprint density at radius 3 is 1.93 bits per heavy atom. The van der Waals surface area contributed by atoms with Crippen LogP contribution in [0, 0.1) is 6.92 Å². The highest BCUT2D eigenvalue weighted by molar-refractivity contribution is 6.30.